The van der Waals surface area contributed by atoms with Crippen molar-refractivity contribution in [2.45, 2.75) is 142 Å². The van der Waals surface area contributed by atoms with Crippen LogP contribution in [0.4, 0.5) is 0 Å². The van der Waals surface area contributed by atoms with Gasteiger partial charge in [0.1, 0.15) is 6.04 Å². The van der Waals surface area contributed by atoms with Crippen LogP contribution >= 0.6 is 0 Å². The Morgan fingerprint density at radius 2 is 1.14 bits per heavy atom. The molecule has 0 aromatic heterocycles. The van der Waals surface area contributed by atoms with Crippen LogP contribution in [0.25, 0.3) is 0 Å². The van der Waals surface area contributed by atoms with Gasteiger partial charge in [-0.2, -0.15) is 0 Å². The molecule has 8 nitrogen and oxygen atoms in total. The summed E-state index contributed by atoms with van der Waals surface area (Å²) < 4.78 is 0. The highest BCUT2D eigenvalue weighted by atomic mass is 16.4. The molecular weight excluding hydrogens is 460 g/mol. The van der Waals surface area contributed by atoms with Crippen LogP contribution < -0.4 is 10.6 Å². The average Bonchev–Trinajstić information content (AvgIpc) is 2.83. The summed E-state index contributed by atoms with van der Waals surface area (Å²) in [6, 6.07) is -1.05. The summed E-state index contributed by atoms with van der Waals surface area (Å²) in [5.41, 5.74) is 0. The quantitative estimate of drug-likeness (QED) is 0.114. The Morgan fingerprint density at radius 1 is 0.611 bits per heavy atom. The van der Waals surface area contributed by atoms with Gasteiger partial charge < -0.3 is 20.8 Å². The van der Waals surface area contributed by atoms with Crippen LogP contribution in [0.1, 0.15) is 136 Å². The molecule has 210 valence electrons. The van der Waals surface area contributed by atoms with E-state index in [1.54, 1.807) is 0 Å². The van der Waals surface area contributed by atoms with Crippen LogP contribution in [-0.4, -0.2) is 46.6 Å². The lowest BCUT2D eigenvalue weighted by atomic mass is 9.97. The van der Waals surface area contributed by atoms with E-state index in [-0.39, 0.29) is 18.7 Å². The summed E-state index contributed by atoms with van der Waals surface area (Å²) in [6.45, 7) is 4.77. The Balaban J connectivity index is 4.01. The van der Waals surface area contributed by atoms with Gasteiger partial charge in [-0.05, 0) is 32.1 Å². The summed E-state index contributed by atoms with van der Waals surface area (Å²) in [4.78, 5) is 47.2. The molecule has 0 radical (unpaired) electrons. The zero-order valence-corrected chi connectivity index (χ0v) is 22.8. The van der Waals surface area contributed by atoms with Crippen molar-refractivity contribution in [2.24, 2.45) is 5.92 Å². The molecule has 2 unspecified atom stereocenters. The van der Waals surface area contributed by atoms with E-state index < -0.39 is 29.8 Å². The highest BCUT2D eigenvalue weighted by molar-refractivity contribution is 5.86. The summed E-state index contributed by atoms with van der Waals surface area (Å²) in [5, 5.41) is 24.1. The third-order valence-corrected chi connectivity index (χ3v) is 6.57. The Kier molecular flexibility index (Phi) is 21.9. The highest BCUT2D eigenvalue weighted by Gasteiger charge is 2.24. The zero-order chi connectivity index (χ0) is 27.0. The SMILES string of the molecule is CCCCCCCCCCCC(=O)NCCCCC(NC(=O)CC(CCCCCC)C(=O)O)C(=O)O. The maximum Gasteiger partial charge on any atom is 0.326 e. The van der Waals surface area contributed by atoms with Gasteiger partial charge in [-0.25, -0.2) is 4.79 Å². The first-order chi connectivity index (χ1) is 17.3. The third-order valence-electron chi connectivity index (χ3n) is 6.57. The molecule has 0 bridgehead atoms. The average molecular weight is 513 g/mol. The minimum Gasteiger partial charge on any atom is -0.481 e. The lowest BCUT2D eigenvalue weighted by molar-refractivity contribution is -0.145. The summed E-state index contributed by atoms with van der Waals surface area (Å²) in [6.07, 6.45) is 16.7. The third kappa shape index (κ3) is 20.1. The molecule has 0 aliphatic heterocycles. The van der Waals surface area contributed by atoms with Gasteiger partial charge >= 0.3 is 11.9 Å². The molecule has 0 saturated carbocycles. The van der Waals surface area contributed by atoms with Crippen molar-refractivity contribution in [3.05, 3.63) is 0 Å². The van der Waals surface area contributed by atoms with E-state index >= 15 is 0 Å². The van der Waals surface area contributed by atoms with Gasteiger partial charge in [0, 0.05) is 19.4 Å². The molecule has 0 saturated heterocycles. The second-order valence-corrected chi connectivity index (χ2v) is 9.97. The molecule has 0 fully saturated rings. The van der Waals surface area contributed by atoms with Crippen molar-refractivity contribution < 1.29 is 29.4 Å². The van der Waals surface area contributed by atoms with E-state index in [9.17, 15) is 29.4 Å². The van der Waals surface area contributed by atoms with Crippen LogP contribution in [0.3, 0.4) is 0 Å². The number of rotatable bonds is 25. The molecule has 0 aromatic carbocycles. The smallest absolute Gasteiger partial charge is 0.326 e. The van der Waals surface area contributed by atoms with Crippen LogP contribution in [0.5, 0.6) is 0 Å². The van der Waals surface area contributed by atoms with E-state index in [1.807, 2.05) is 0 Å². The number of hydrogen-bond acceptors (Lipinski definition) is 4. The first-order valence-electron chi connectivity index (χ1n) is 14.3. The normalized spacial score (nSPS) is 12.6. The zero-order valence-electron chi connectivity index (χ0n) is 22.8. The lowest BCUT2D eigenvalue weighted by Gasteiger charge is -2.17. The minimum absolute atomic E-state index is 0.0275. The fraction of sp³-hybridized carbons (Fsp3) is 0.857. The summed E-state index contributed by atoms with van der Waals surface area (Å²) in [5.74, 6) is -3.46. The van der Waals surface area contributed by atoms with Crippen molar-refractivity contribution in [3.63, 3.8) is 0 Å². The van der Waals surface area contributed by atoms with Gasteiger partial charge in [-0.1, -0.05) is 90.9 Å². The molecule has 2 amide bonds. The van der Waals surface area contributed by atoms with Crippen molar-refractivity contribution in [1.82, 2.24) is 10.6 Å². The Morgan fingerprint density at radius 3 is 1.69 bits per heavy atom. The van der Waals surface area contributed by atoms with Crippen molar-refractivity contribution in [3.8, 4) is 0 Å². The number of carboxylic acid groups (broad SMARTS) is 2. The molecule has 8 heteroatoms. The van der Waals surface area contributed by atoms with Crippen molar-refractivity contribution >= 4 is 23.8 Å². The van der Waals surface area contributed by atoms with Gasteiger partial charge in [0.2, 0.25) is 11.8 Å². The topological polar surface area (TPSA) is 133 Å². The number of nitrogens with one attached hydrogen (secondary N) is 2. The fourth-order valence-electron chi connectivity index (χ4n) is 4.25. The van der Waals surface area contributed by atoms with Crippen LogP contribution in [-0.2, 0) is 19.2 Å². The Labute approximate surface area is 218 Å². The van der Waals surface area contributed by atoms with Crippen molar-refractivity contribution in [1.29, 1.82) is 0 Å². The maximum absolute atomic E-state index is 12.3. The van der Waals surface area contributed by atoms with E-state index in [1.165, 1.54) is 44.9 Å². The van der Waals surface area contributed by atoms with Crippen LogP contribution in [0, 0.1) is 5.92 Å². The van der Waals surface area contributed by atoms with Crippen molar-refractivity contribution in [2.75, 3.05) is 6.54 Å². The molecule has 2 atom stereocenters. The number of carboxylic acids is 2. The maximum atomic E-state index is 12.3. The minimum atomic E-state index is -1.13. The molecule has 36 heavy (non-hydrogen) atoms. The first kappa shape index (κ1) is 33.9. The van der Waals surface area contributed by atoms with E-state index in [0.717, 1.165) is 38.5 Å². The van der Waals surface area contributed by atoms with E-state index in [0.29, 0.717) is 32.2 Å². The van der Waals surface area contributed by atoms with Gasteiger partial charge in [-0.15, -0.1) is 0 Å². The number of amides is 2. The Hall–Kier alpha value is -2.12. The largest absolute Gasteiger partial charge is 0.481 e. The van der Waals surface area contributed by atoms with Gasteiger partial charge in [0.25, 0.3) is 0 Å². The predicted octanol–water partition coefficient (Wildman–Crippen LogP) is 5.82. The van der Waals surface area contributed by atoms with Crippen LogP contribution in [0.15, 0.2) is 0 Å². The number of carbonyl (C=O) groups is 4. The summed E-state index contributed by atoms with van der Waals surface area (Å²) >= 11 is 0. The second-order valence-electron chi connectivity index (χ2n) is 9.97. The molecule has 4 N–H and O–H groups in total. The number of hydrogen-bond donors (Lipinski definition) is 4. The van der Waals surface area contributed by atoms with Gasteiger partial charge in [-0.3, -0.25) is 14.4 Å². The fourth-order valence-corrected chi connectivity index (χ4v) is 4.25. The summed E-state index contributed by atoms with van der Waals surface area (Å²) in [7, 11) is 0. The number of carbonyl (C=O) groups excluding carboxylic acids is 2. The number of unbranched alkanes of at least 4 members (excludes halogenated alkanes) is 12. The van der Waals surface area contributed by atoms with Gasteiger partial charge in [0.15, 0.2) is 0 Å². The standard InChI is InChI=1S/C28H52N2O6/c1-3-5-7-9-10-11-12-13-15-20-25(31)29-21-17-16-19-24(28(35)36)30-26(32)22-23(27(33)34)18-14-8-6-4-2/h23-24H,3-22H2,1-2H3,(H,29,31)(H,30,32)(H,33,34)(H,35,36). The molecule has 0 aromatic rings. The van der Waals surface area contributed by atoms with E-state index in [2.05, 4.69) is 24.5 Å². The molecule has 0 spiro atoms. The van der Waals surface area contributed by atoms with Crippen LogP contribution in [0.2, 0.25) is 0 Å². The molecular formula is C28H52N2O6. The second kappa shape index (κ2) is 23.3. The number of aliphatic carboxylic acids is 2. The monoisotopic (exact) mass is 512 g/mol. The lowest BCUT2D eigenvalue weighted by Crippen LogP contribution is -2.42. The first-order valence-corrected chi connectivity index (χ1v) is 14.3. The molecule has 0 rings (SSSR count). The molecule has 0 aliphatic carbocycles. The highest BCUT2D eigenvalue weighted by Crippen LogP contribution is 2.16. The van der Waals surface area contributed by atoms with E-state index in [4.69, 9.17) is 0 Å². The predicted molar refractivity (Wildman–Crippen MR) is 143 cm³/mol. The Bertz CT molecular complexity index is 611. The molecule has 0 heterocycles. The van der Waals surface area contributed by atoms with Gasteiger partial charge in [0.05, 0.1) is 5.92 Å². The molecule has 0 aliphatic rings.